The summed E-state index contributed by atoms with van der Waals surface area (Å²) < 4.78 is 0.612. The van der Waals surface area contributed by atoms with E-state index in [1.54, 1.807) is 12.1 Å². The Morgan fingerprint density at radius 1 is 0.848 bits per heavy atom. The molecule has 0 unspecified atom stereocenters. The van der Waals surface area contributed by atoms with Gasteiger partial charge in [-0.15, -0.1) is 10.2 Å². The molecule has 2 N–H and O–H groups in total. The average Bonchev–Trinajstić information content (AvgIpc) is 3.31. The molecular weight excluding hydrogens is 452 g/mol. The van der Waals surface area contributed by atoms with Gasteiger partial charge in [-0.05, 0) is 47.4 Å². The molecule has 33 heavy (non-hydrogen) atoms. The summed E-state index contributed by atoms with van der Waals surface area (Å²) in [5, 5.41) is 14.1. The first-order valence-corrected chi connectivity index (χ1v) is 12.2. The second-order valence-corrected chi connectivity index (χ2v) is 9.36. The number of nitrogens with one attached hydrogen (secondary N) is 2. The van der Waals surface area contributed by atoms with Crippen molar-refractivity contribution in [2.45, 2.75) is 17.7 Å². The minimum absolute atomic E-state index is 0.122. The van der Waals surface area contributed by atoms with E-state index < -0.39 is 0 Å². The van der Waals surface area contributed by atoms with Crippen molar-refractivity contribution in [2.24, 2.45) is 0 Å². The molecule has 0 bridgehead atoms. The van der Waals surface area contributed by atoms with Gasteiger partial charge in [-0.2, -0.15) is 0 Å². The minimum Gasteiger partial charge on any atom is -0.325 e. The summed E-state index contributed by atoms with van der Waals surface area (Å²) in [6, 6.07) is 25.2. The van der Waals surface area contributed by atoms with Crippen molar-refractivity contribution in [2.75, 3.05) is 16.4 Å². The lowest BCUT2D eigenvalue weighted by Gasteiger charge is -2.05. The number of rotatable bonds is 8. The fourth-order valence-electron chi connectivity index (χ4n) is 3.08. The first-order valence-electron chi connectivity index (χ1n) is 10.4. The molecule has 0 saturated carbocycles. The first kappa shape index (κ1) is 22.7. The van der Waals surface area contributed by atoms with Gasteiger partial charge >= 0.3 is 0 Å². The predicted octanol–water partition coefficient (Wildman–Crippen LogP) is 5.75. The Morgan fingerprint density at radius 2 is 1.55 bits per heavy atom. The second-order valence-electron chi connectivity index (χ2n) is 7.16. The molecule has 0 aliphatic rings. The number of benzene rings is 3. The van der Waals surface area contributed by atoms with Crippen molar-refractivity contribution < 1.29 is 9.59 Å². The van der Waals surface area contributed by atoms with Crippen molar-refractivity contribution in [3.05, 3.63) is 90.0 Å². The van der Waals surface area contributed by atoms with Gasteiger partial charge in [0.25, 0.3) is 5.91 Å². The molecule has 1 heterocycles. The highest BCUT2D eigenvalue weighted by atomic mass is 32.2. The number of hydrogen-bond donors (Lipinski definition) is 2. The summed E-state index contributed by atoms with van der Waals surface area (Å²) in [5.74, 6) is -0.168. The van der Waals surface area contributed by atoms with Gasteiger partial charge in [0.2, 0.25) is 11.0 Å². The van der Waals surface area contributed by atoms with Gasteiger partial charge < -0.3 is 5.32 Å². The highest BCUT2D eigenvalue weighted by Gasteiger charge is 2.12. The molecule has 0 atom stereocenters. The second kappa shape index (κ2) is 10.9. The van der Waals surface area contributed by atoms with Gasteiger partial charge in [-0.25, -0.2) is 0 Å². The Kier molecular flexibility index (Phi) is 7.49. The van der Waals surface area contributed by atoms with Crippen LogP contribution in [-0.2, 0) is 11.2 Å². The van der Waals surface area contributed by atoms with Crippen molar-refractivity contribution in [3.63, 3.8) is 0 Å². The lowest BCUT2D eigenvalue weighted by Crippen LogP contribution is -2.13. The van der Waals surface area contributed by atoms with Crippen molar-refractivity contribution in [3.8, 4) is 11.1 Å². The van der Waals surface area contributed by atoms with E-state index in [1.165, 1.54) is 28.7 Å². The number of aryl methyl sites for hydroxylation is 1. The standard InChI is InChI=1S/C25H22N4O2S2/c1-2-17-8-14-21(15-9-17)26-22(30)16-32-25-29-28-24(33-25)27-23(31)20-12-10-19(11-13-20)18-6-4-3-5-7-18/h3-15H,2,16H2,1H3,(H,26,30)(H,27,28,31). The molecule has 0 spiro atoms. The zero-order chi connectivity index (χ0) is 23.0. The Morgan fingerprint density at radius 3 is 2.24 bits per heavy atom. The van der Waals surface area contributed by atoms with Gasteiger partial charge in [0.15, 0.2) is 4.34 Å². The van der Waals surface area contributed by atoms with E-state index in [0.717, 1.165) is 23.2 Å². The van der Waals surface area contributed by atoms with E-state index in [1.807, 2.05) is 66.7 Å². The molecule has 0 saturated heterocycles. The fourth-order valence-corrected chi connectivity index (χ4v) is 4.63. The number of amides is 2. The van der Waals surface area contributed by atoms with E-state index in [0.29, 0.717) is 15.0 Å². The Labute approximate surface area is 200 Å². The number of carbonyl (C=O) groups excluding carboxylic acids is 2. The molecule has 0 aliphatic heterocycles. The summed E-state index contributed by atoms with van der Waals surface area (Å²) in [7, 11) is 0. The lowest BCUT2D eigenvalue weighted by atomic mass is 10.0. The molecule has 1 aromatic heterocycles. The van der Waals surface area contributed by atoms with Gasteiger partial charge in [-0.3, -0.25) is 14.9 Å². The first-order chi connectivity index (χ1) is 16.1. The molecule has 4 aromatic rings. The van der Waals surface area contributed by atoms with Crippen molar-refractivity contribution >= 4 is 45.7 Å². The van der Waals surface area contributed by atoms with Gasteiger partial charge in [0.05, 0.1) is 5.75 Å². The monoisotopic (exact) mass is 474 g/mol. The molecule has 3 aromatic carbocycles. The van der Waals surface area contributed by atoms with Crippen molar-refractivity contribution in [1.82, 2.24) is 10.2 Å². The number of thioether (sulfide) groups is 1. The molecule has 0 radical (unpaired) electrons. The van der Waals surface area contributed by atoms with E-state index in [9.17, 15) is 9.59 Å². The normalized spacial score (nSPS) is 10.6. The molecule has 8 heteroatoms. The number of carbonyl (C=O) groups is 2. The Hall–Kier alpha value is -3.49. The van der Waals surface area contributed by atoms with Crippen LogP contribution in [0, 0.1) is 0 Å². The van der Waals surface area contributed by atoms with Crippen LogP contribution in [0.4, 0.5) is 10.8 Å². The number of nitrogens with zero attached hydrogens (tertiary/aromatic N) is 2. The summed E-state index contributed by atoms with van der Waals surface area (Å²) in [5.41, 5.74) is 4.66. The third-order valence-corrected chi connectivity index (χ3v) is 6.83. The zero-order valence-corrected chi connectivity index (χ0v) is 19.6. The summed E-state index contributed by atoms with van der Waals surface area (Å²) in [6.45, 7) is 2.09. The Balaban J connectivity index is 1.28. The van der Waals surface area contributed by atoms with Gasteiger partial charge in [0.1, 0.15) is 0 Å². The molecule has 6 nitrogen and oxygen atoms in total. The van der Waals surface area contributed by atoms with Crippen LogP contribution in [0.5, 0.6) is 0 Å². The summed E-state index contributed by atoms with van der Waals surface area (Å²) in [6.07, 6.45) is 0.957. The quantitative estimate of drug-likeness (QED) is 0.251. The third-order valence-electron chi connectivity index (χ3n) is 4.85. The van der Waals surface area contributed by atoms with Crippen LogP contribution in [-0.4, -0.2) is 27.8 Å². The Bertz CT molecular complexity index is 1220. The maximum atomic E-state index is 12.5. The van der Waals surface area contributed by atoms with E-state index in [-0.39, 0.29) is 17.6 Å². The molecule has 2 amide bonds. The van der Waals surface area contributed by atoms with E-state index in [2.05, 4.69) is 27.8 Å². The zero-order valence-electron chi connectivity index (χ0n) is 17.9. The minimum atomic E-state index is -0.254. The predicted molar refractivity (Wildman–Crippen MR) is 135 cm³/mol. The number of hydrogen-bond acceptors (Lipinski definition) is 6. The molecule has 0 fully saturated rings. The summed E-state index contributed by atoms with van der Waals surface area (Å²) in [4.78, 5) is 24.7. The van der Waals surface area contributed by atoms with E-state index in [4.69, 9.17) is 0 Å². The van der Waals surface area contributed by atoms with Crippen molar-refractivity contribution in [1.29, 1.82) is 0 Å². The van der Waals surface area contributed by atoms with Gasteiger partial charge in [0, 0.05) is 11.3 Å². The van der Waals surface area contributed by atoms with Crippen LogP contribution in [0.2, 0.25) is 0 Å². The van der Waals surface area contributed by atoms with Gasteiger partial charge in [-0.1, -0.05) is 84.6 Å². The van der Waals surface area contributed by atoms with Crippen LogP contribution in [0.1, 0.15) is 22.8 Å². The topological polar surface area (TPSA) is 84.0 Å². The molecular formula is C25H22N4O2S2. The molecule has 4 rings (SSSR count). The molecule has 166 valence electrons. The highest BCUT2D eigenvalue weighted by molar-refractivity contribution is 8.01. The number of aromatic nitrogens is 2. The van der Waals surface area contributed by atoms with Crippen LogP contribution in [0.3, 0.4) is 0 Å². The maximum absolute atomic E-state index is 12.5. The number of anilines is 2. The molecule has 0 aliphatic carbocycles. The lowest BCUT2D eigenvalue weighted by molar-refractivity contribution is -0.113. The SMILES string of the molecule is CCc1ccc(NC(=O)CSc2nnc(NC(=O)c3ccc(-c4ccccc4)cc3)s2)cc1. The smallest absolute Gasteiger partial charge is 0.257 e. The fraction of sp³-hybridized carbons (Fsp3) is 0.120. The van der Waals surface area contributed by atoms with Crippen LogP contribution < -0.4 is 10.6 Å². The third kappa shape index (κ3) is 6.27. The highest BCUT2D eigenvalue weighted by Crippen LogP contribution is 2.26. The maximum Gasteiger partial charge on any atom is 0.257 e. The average molecular weight is 475 g/mol. The summed E-state index contributed by atoms with van der Waals surface area (Å²) >= 11 is 2.52. The van der Waals surface area contributed by atoms with Crippen LogP contribution >= 0.6 is 23.1 Å². The van der Waals surface area contributed by atoms with Crippen LogP contribution in [0.15, 0.2) is 83.2 Å². The van der Waals surface area contributed by atoms with Crippen LogP contribution in [0.25, 0.3) is 11.1 Å². The largest absolute Gasteiger partial charge is 0.325 e. The van der Waals surface area contributed by atoms with E-state index >= 15 is 0 Å².